The topological polar surface area (TPSA) is 46.9 Å². The van der Waals surface area contributed by atoms with E-state index in [-0.39, 0.29) is 17.9 Å². The highest BCUT2D eigenvalue weighted by atomic mass is 16.1. The molecule has 1 atom stereocenters. The Morgan fingerprint density at radius 1 is 1.56 bits per heavy atom. The molecule has 0 unspecified atom stereocenters. The van der Waals surface area contributed by atoms with Crippen LogP contribution in [0.15, 0.2) is 6.20 Å². The van der Waals surface area contributed by atoms with Crippen LogP contribution in [0.4, 0.5) is 0 Å². The number of carbonyl (C=O) groups excluding carboxylic acids is 1. The molecule has 100 valence electrons. The number of amides is 1. The lowest BCUT2D eigenvalue weighted by atomic mass is 9.92. The maximum atomic E-state index is 12.2. The Morgan fingerprint density at radius 3 is 2.94 bits per heavy atom. The van der Waals surface area contributed by atoms with E-state index < -0.39 is 0 Å². The first-order valence-electron chi connectivity index (χ1n) is 6.98. The molecule has 1 amide bonds. The molecule has 0 saturated heterocycles. The molecule has 4 nitrogen and oxygen atoms in total. The van der Waals surface area contributed by atoms with Crippen LogP contribution in [0, 0.1) is 5.92 Å². The second kappa shape index (κ2) is 5.55. The zero-order chi connectivity index (χ0) is 13.1. The predicted molar refractivity (Wildman–Crippen MR) is 71.1 cm³/mol. The van der Waals surface area contributed by atoms with Crippen LogP contribution in [0.1, 0.15) is 56.8 Å². The van der Waals surface area contributed by atoms with Crippen molar-refractivity contribution in [2.75, 3.05) is 0 Å². The number of aryl methyl sites for hydroxylation is 1. The monoisotopic (exact) mass is 249 g/mol. The Balaban J connectivity index is 2.09. The molecule has 4 heteroatoms. The van der Waals surface area contributed by atoms with Crippen LogP contribution in [-0.2, 0) is 18.3 Å². The Kier molecular flexibility index (Phi) is 4.04. The average molecular weight is 249 g/mol. The van der Waals surface area contributed by atoms with E-state index >= 15 is 0 Å². The summed E-state index contributed by atoms with van der Waals surface area (Å²) in [6.07, 6.45) is 6.96. The SMILES string of the molecule is CCC(CC)C(=O)N[C@@H]1CCCc2c1cnn2C. The van der Waals surface area contributed by atoms with E-state index in [0.29, 0.717) is 0 Å². The van der Waals surface area contributed by atoms with Crippen LogP contribution in [0.2, 0.25) is 0 Å². The third-order valence-electron chi connectivity index (χ3n) is 4.05. The van der Waals surface area contributed by atoms with Gasteiger partial charge in [-0.1, -0.05) is 13.8 Å². The van der Waals surface area contributed by atoms with Crippen LogP contribution in [0.3, 0.4) is 0 Å². The summed E-state index contributed by atoms with van der Waals surface area (Å²) in [5, 5.41) is 7.50. The zero-order valence-electron chi connectivity index (χ0n) is 11.6. The smallest absolute Gasteiger partial charge is 0.223 e. The second-order valence-electron chi connectivity index (χ2n) is 5.14. The number of hydrogen-bond acceptors (Lipinski definition) is 2. The summed E-state index contributed by atoms with van der Waals surface area (Å²) >= 11 is 0. The molecule has 1 heterocycles. The van der Waals surface area contributed by atoms with Gasteiger partial charge in [-0.25, -0.2) is 0 Å². The van der Waals surface area contributed by atoms with Gasteiger partial charge in [-0.05, 0) is 32.1 Å². The lowest BCUT2D eigenvalue weighted by Crippen LogP contribution is -2.35. The predicted octanol–water partition coefficient (Wildman–Crippen LogP) is 2.35. The van der Waals surface area contributed by atoms with Crippen molar-refractivity contribution in [3.8, 4) is 0 Å². The van der Waals surface area contributed by atoms with Gasteiger partial charge in [0.25, 0.3) is 0 Å². The number of rotatable bonds is 4. The summed E-state index contributed by atoms with van der Waals surface area (Å²) < 4.78 is 1.94. The highest BCUT2D eigenvalue weighted by molar-refractivity contribution is 5.79. The molecule has 0 aliphatic heterocycles. The largest absolute Gasteiger partial charge is 0.349 e. The summed E-state index contributed by atoms with van der Waals surface area (Å²) in [7, 11) is 1.98. The molecule has 0 radical (unpaired) electrons. The van der Waals surface area contributed by atoms with Crippen LogP contribution in [-0.4, -0.2) is 15.7 Å². The Hall–Kier alpha value is -1.32. The molecule has 0 aromatic carbocycles. The molecular weight excluding hydrogens is 226 g/mol. The van der Waals surface area contributed by atoms with Gasteiger partial charge in [-0.2, -0.15) is 5.10 Å². The average Bonchev–Trinajstić information content (AvgIpc) is 2.74. The van der Waals surface area contributed by atoms with E-state index in [1.54, 1.807) is 0 Å². The van der Waals surface area contributed by atoms with Crippen molar-refractivity contribution in [1.29, 1.82) is 0 Å². The molecule has 0 spiro atoms. The van der Waals surface area contributed by atoms with Gasteiger partial charge in [0.2, 0.25) is 5.91 Å². The normalized spacial score (nSPS) is 18.8. The van der Waals surface area contributed by atoms with Crippen LogP contribution >= 0.6 is 0 Å². The highest BCUT2D eigenvalue weighted by Gasteiger charge is 2.26. The van der Waals surface area contributed by atoms with E-state index in [2.05, 4.69) is 24.3 Å². The number of nitrogens with one attached hydrogen (secondary N) is 1. The molecule has 1 aliphatic carbocycles. The fourth-order valence-corrected chi connectivity index (χ4v) is 2.81. The van der Waals surface area contributed by atoms with Crippen molar-refractivity contribution in [2.24, 2.45) is 13.0 Å². The molecule has 1 aromatic heterocycles. The van der Waals surface area contributed by atoms with Crippen molar-refractivity contribution >= 4 is 5.91 Å². The summed E-state index contributed by atoms with van der Waals surface area (Å²) in [4.78, 5) is 12.2. The minimum Gasteiger partial charge on any atom is -0.349 e. The number of fused-ring (bicyclic) bond motifs is 1. The van der Waals surface area contributed by atoms with Crippen molar-refractivity contribution in [2.45, 2.75) is 52.0 Å². The molecule has 0 fully saturated rings. The number of aromatic nitrogens is 2. The van der Waals surface area contributed by atoms with Crippen molar-refractivity contribution in [1.82, 2.24) is 15.1 Å². The van der Waals surface area contributed by atoms with Crippen molar-refractivity contribution in [3.05, 3.63) is 17.5 Å². The summed E-state index contributed by atoms with van der Waals surface area (Å²) in [6, 6.07) is 0.163. The number of nitrogens with zero attached hydrogens (tertiary/aromatic N) is 2. The maximum Gasteiger partial charge on any atom is 0.223 e. The van der Waals surface area contributed by atoms with E-state index in [1.165, 1.54) is 11.3 Å². The third-order valence-corrected chi connectivity index (χ3v) is 4.05. The molecule has 1 N–H and O–H groups in total. The first kappa shape index (κ1) is 13.1. The molecule has 0 bridgehead atoms. The van der Waals surface area contributed by atoms with Crippen LogP contribution < -0.4 is 5.32 Å². The fourth-order valence-electron chi connectivity index (χ4n) is 2.81. The van der Waals surface area contributed by atoms with Gasteiger partial charge in [-0.3, -0.25) is 9.48 Å². The van der Waals surface area contributed by atoms with Gasteiger partial charge in [0, 0.05) is 24.2 Å². The van der Waals surface area contributed by atoms with Gasteiger partial charge >= 0.3 is 0 Å². The number of carbonyl (C=O) groups is 1. The summed E-state index contributed by atoms with van der Waals surface area (Å²) in [6.45, 7) is 4.15. The van der Waals surface area contributed by atoms with E-state index in [1.807, 2.05) is 17.9 Å². The van der Waals surface area contributed by atoms with Gasteiger partial charge in [0.15, 0.2) is 0 Å². The van der Waals surface area contributed by atoms with Crippen LogP contribution in [0.25, 0.3) is 0 Å². The second-order valence-corrected chi connectivity index (χ2v) is 5.14. The van der Waals surface area contributed by atoms with Gasteiger partial charge < -0.3 is 5.32 Å². The summed E-state index contributed by atoms with van der Waals surface area (Å²) in [5.74, 6) is 0.341. The Bertz CT molecular complexity index is 421. The van der Waals surface area contributed by atoms with Gasteiger partial charge in [0.1, 0.15) is 0 Å². The first-order valence-corrected chi connectivity index (χ1v) is 6.98. The van der Waals surface area contributed by atoms with Gasteiger partial charge in [-0.15, -0.1) is 0 Å². The standard InChI is InChI=1S/C14H23N3O/c1-4-10(5-2)14(18)16-12-7-6-8-13-11(12)9-15-17(13)3/h9-10,12H,4-8H2,1-3H3,(H,16,18)/t12-/m1/s1. The molecular formula is C14H23N3O. The Morgan fingerprint density at radius 2 is 2.28 bits per heavy atom. The van der Waals surface area contributed by atoms with Gasteiger partial charge in [0.05, 0.1) is 12.2 Å². The van der Waals surface area contributed by atoms with Crippen molar-refractivity contribution in [3.63, 3.8) is 0 Å². The van der Waals surface area contributed by atoms with E-state index in [9.17, 15) is 4.79 Å². The number of hydrogen-bond donors (Lipinski definition) is 1. The van der Waals surface area contributed by atoms with Crippen molar-refractivity contribution < 1.29 is 4.79 Å². The third kappa shape index (κ3) is 2.42. The lowest BCUT2D eigenvalue weighted by Gasteiger charge is -2.25. The highest BCUT2D eigenvalue weighted by Crippen LogP contribution is 2.29. The van der Waals surface area contributed by atoms with E-state index in [0.717, 1.165) is 32.1 Å². The quantitative estimate of drug-likeness (QED) is 0.890. The Labute approximate surface area is 109 Å². The maximum absolute atomic E-state index is 12.2. The fraction of sp³-hybridized carbons (Fsp3) is 0.714. The molecule has 1 aromatic rings. The molecule has 1 aliphatic rings. The lowest BCUT2D eigenvalue weighted by molar-refractivity contribution is -0.126. The van der Waals surface area contributed by atoms with Crippen LogP contribution in [0.5, 0.6) is 0 Å². The minimum absolute atomic E-state index is 0.145. The minimum atomic E-state index is 0.145. The molecule has 18 heavy (non-hydrogen) atoms. The first-order chi connectivity index (χ1) is 8.67. The zero-order valence-corrected chi connectivity index (χ0v) is 11.6. The molecule has 0 saturated carbocycles. The summed E-state index contributed by atoms with van der Waals surface area (Å²) in [5.41, 5.74) is 2.49. The van der Waals surface area contributed by atoms with E-state index in [4.69, 9.17) is 0 Å². The molecule has 2 rings (SSSR count).